The predicted octanol–water partition coefficient (Wildman–Crippen LogP) is 3.15. The predicted molar refractivity (Wildman–Crippen MR) is 73.2 cm³/mol. The molecule has 3 rings (SSSR count). The van der Waals surface area contributed by atoms with E-state index in [-0.39, 0.29) is 0 Å². The highest BCUT2D eigenvalue weighted by atomic mass is 15.2. The second kappa shape index (κ2) is 3.97. The standard InChI is InChI=1S/C14H20N4/c1-14(2)6-3-4-10(8-14)18-12-5-7-16-9-11(12)17-13(18)15/h5,7,9-10H,3-4,6,8H2,1-2H3,(H2,15,17). The first kappa shape index (κ1) is 11.5. The number of imidazole rings is 1. The van der Waals surface area contributed by atoms with Crippen molar-refractivity contribution in [3.63, 3.8) is 0 Å². The van der Waals surface area contributed by atoms with Crippen LogP contribution < -0.4 is 5.73 Å². The number of nitrogens with two attached hydrogens (primary N) is 1. The van der Waals surface area contributed by atoms with Crippen molar-refractivity contribution in [2.45, 2.75) is 45.6 Å². The Labute approximate surface area is 107 Å². The molecule has 2 aromatic rings. The maximum absolute atomic E-state index is 6.10. The monoisotopic (exact) mass is 244 g/mol. The minimum absolute atomic E-state index is 0.402. The lowest BCUT2D eigenvalue weighted by molar-refractivity contribution is 0.187. The van der Waals surface area contributed by atoms with Gasteiger partial charge in [0.25, 0.3) is 0 Å². The summed E-state index contributed by atoms with van der Waals surface area (Å²) in [7, 11) is 0. The van der Waals surface area contributed by atoms with Crippen LogP contribution in [-0.2, 0) is 0 Å². The molecule has 2 N–H and O–H groups in total. The second-order valence-electron chi connectivity index (χ2n) is 6.12. The van der Waals surface area contributed by atoms with Crippen molar-refractivity contribution in [3.8, 4) is 0 Å². The Kier molecular flexibility index (Phi) is 2.54. The molecule has 1 saturated carbocycles. The van der Waals surface area contributed by atoms with Crippen LogP contribution in [0.25, 0.3) is 11.0 Å². The zero-order valence-electron chi connectivity index (χ0n) is 11.1. The molecular weight excluding hydrogens is 224 g/mol. The van der Waals surface area contributed by atoms with Crippen molar-refractivity contribution in [3.05, 3.63) is 18.5 Å². The molecule has 2 aromatic heterocycles. The van der Waals surface area contributed by atoms with E-state index in [4.69, 9.17) is 5.73 Å². The van der Waals surface area contributed by atoms with E-state index >= 15 is 0 Å². The summed E-state index contributed by atoms with van der Waals surface area (Å²) in [5.41, 5.74) is 8.52. The second-order valence-corrected chi connectivity index (χ2v) is 6.12. The highest BCUT2D eigenvalue weighted by molar-refractivity contribution is 5.77. The number of anilines is 1. The van der Waals surface area contributed by atoms with E-state index in [9.17, 15) is 0 Å². The fourth-order valence-electron chi connectivity index (χ4n) is 3.23. The number of pyridine rings is 1. The Morgan fingerprint density at radius 2 is 2.28 bits per heavy atom. The van der Waals surface area contributed by atoms with Crippen LogP contribution in [-0.4, -0.2) is 14.5 Å². The first-order valence-electron chi connectivity index (χ1n) is 6.64. The highest BCUT2D eigenvalue weighted by Gasteiger charge is 2.30. The van der Waals surface area contributed by atoms with Gasteiger partial charge in [-0.1, -0.05) is 20.3 Å². The first-order valence-corrected chi connectivity index (χ1v) is 6.64. The smallest absolute Gasteiger partial charge is 0.201 e. The number of nitrogen functional groups attached to an aromatic ring is 1. The Morgan fingerprint density at radius 1 is 1.44 bits per heavy atom. The molecule has 1 aliphatic rings. The lowest BCUT2D eigenvalue weighted by Crippen LogP contribution is -2.25. The Balaban J connectivity index is 2.06. The van der Waals surface area contributed by atoms with Gasteiger partial charge in [-0.05, 0) is 30.7 Å². The molecule has 0 saturated heterocycles. The summed E-state index contributed by atoms with van der Waals surface area (Å²) in [5, 5.41) is 0. The van der Waals surface area contributed by atoms with Crippen molar-refractivity contribution < 1.29 is 0 Å². The van der Waals surface area contributed by atoms with Gasteiger partial charge in [-0.2, -0.15) is 0 Å². The Bertz CT molecular complexity index is 570. The summed E-state index contributed by atoms with van der Waals surface area (Å²) in [6, 6.07) is 2.49. The highest BCUT2D eigenvalue weighted by Crippen LogP contribution is 2.42. The van der Waals surface area contributed by atoms with E-state index in [0.717, 1.165) is 11.0 Å². The molecule has 1 atom stereocenters. The van der Waals surface area contributed by atoms with E-state index < -0.39 is 0 Å². The van der Waals surface area contributed by atoms with Crippen molar-refractivity contribution in [1.29, 1.82) is 0 Å². The van der Waals surface area contributed by atoms with Crippen molar-refractivity contribution in [1.82, 2.24) is 14.5 Å². The third kappa shape index (κ3) is 1.85. The average molecular weight is 244 g/mol. The van der Waals surface area contributed by atoms with Gasteiger partial charge < -0.3 is 10.3 Å². The van der Waals surface area contributed by atoms with Crippen LogP contribution in [0.5, 0.6) is 0 Å². The van der Waals surface area contributed by atoms with Crippen LogP contribution >= 0.6 is 0 Å². The van der Waals surface area contributed by atoms with Crippen LogP contribution in [0.3, 0.4) is 0 Å². The minimum Gasteiger partial charge on any atom is -0.369 e. The van der Waals surface area contributed by atoms with Crippen molar-refractivity contribution in [2.24, 2.45) is 5.41 Å². The van der Waals surface area contributed by atoms with Crippen LogP contribution in [0.4, 0.5) is 5.95 Å². The van der Waals surface area contributed by atoms with Crippen LogP contribution in [0.15, 0.2) is 18.5 Å². The quantitative estimate of drug-likeness (QED) is 0.838. The maximum Gasteiger partial charge on any atom is 0.201 e. The average Bonchev–Trinajstić information content (AvgIpc) is 2.63. The fourth-order valence-corrected chi connectivity index (χ4v) is 3.23. The van der Waals surface area contributed by atoms with Gasteiger partial charge >= 0.3 is 0 Å². The van der Waals surface area contributed by atoms with Gasteiger partial charge in [-0.15, -0.1) is 0 Å². The van der Waals surface area contributed by atoms with E-state index in [1.54, 1.807) is 6.20 Å². The molecule has 2 heterocycles. The van der Waals surface area contributed by atoms with Crippen LogP contribution in [0.2, 0.25) is 0 Å². The number of hydrogen-bond acceptors (Lipinski definition) is 3. The third-order valence-electron chi connectivity index (χ3n) is 4.06. The fraction of sp³-hybridized carbons (Fsp3) is 0.571. The molecule has 18 heavy (non-hydrogen) atoms. The summed E-state index contributed by atoms with van der Waals surface area (Å²) in [6.45, 7) is 4.69. The summed E-state index contributed by atoms with van der Waals surface area (Å²) < 4.78 is 2.21. The van der Waals surface area contributed by atoms with Crippen molar-refractivity contribution >= 4 is 17.0 Å². The summed E-state index contributed by atoms with van der Waals surface area (Å²) in [4.78, 5) is 8.52. The number of rotatable bonds is 1. The normalized spacial score (nSPS) is 23.3. The minimum atomic E-state index is 0.402. The van der Waals surface area contributed by atoms with Gasteiger partial charge in [-0.3, -0.25) is 4.98 Å². The maximum atomic E-state index is 6.10. The van der Waals surface area contributed by atoms with Gasteiger partial charge in [-0.25, -0.2) is 4.98 Å². The molecule has 0 bridgehead atoms. The summed E-state index contributed by atoms with van der Waals surface area (Å²) in [6.07, 6.45) is 8.54. The van der Waals surface area contributed by atoms with Crippen LogP contribution in [0.1, 0.15) is 45.6 Å². The van der Waals surface area contributed by atoms with E-state index in [0.29, 0.717) is 17.4 Å². The molecule has 1 aliphatic carbocycles. The van der Waals surface area contributed by atoms with Gasteiger partial charge in [0.05, 0.1) is 11.7 Å². The molecule has 96 valence electrons. The lowest BCUT2D eigenvalue weighted by atomic mass is 9.75. The number of fused-ring (bicyclic) bond motifs is 1. The zero-order chi connectivity index (χ0) is 12.8. The lowest BCUT2D eigenvalue weighted by Gasteiger charge is -2.36. The topological polar surface area (TPSA) is 56.7 Å². The number of hydrogen-bond donors (Lipinski definition) is 1. The molecule has 1 fully saturated rings. The molecular formula is C14H20N4. The molecule has 0 aromatic carbocycles. The molecule has 0 aliphatic heterocycles. The van der Waals surface area contributed by atoms with Gasteiger partial charge in [0.2, 0.25) is 5.95 Å². The number of aromatic nitrogens is 3. The Morgan fingerprint density at radius 3 is 3.06 bits per heavy atom. The number of nitrogens with zero attached hydrogens (tertiary/aromatic N) is 3. The van der Waals surface area contributed by atoms with E-state index in [1.165, 1.54) is 25.7 Å². The zero-order valence-corrected chi connectivity index (χ0v) is 11.1. The molecule has 4 heteroatoms. The van der Waals surface area contributed by atoms with E-state index in [2.05, 4.69) is 28.4 Å². The van der Waals surface area contributed by atoms with Gasteiger partial charge in [0, 0.05) is 12.2 Å². The van der Waals surface area contributed by atoms with Gasteiger partial charge in [0.1, 0.15) is 5.52 Å². The molecule has 4 nitrogen and oxygen atoms in total. The molecule has 0 spiro atoms. The van der Waals surface area contributed by atoms with Crippen LogP contribution in [0, 0.1) is 5.41 Å². The SMILES string of the molecule is CC1(C)CCCC(n2c(N)nc3cnccc32)C1. The molecule has 1 unspecified atom stereocenters. The summed E-state index contributed by atoms with van der Waals surface area (Å²) >= 11 is 0. The van der Waals surface area contributed by atoms with Gasteiger partial charge in [0.15, 0.2) is 0 Å². The van der Waals surface area contributed by atoms with E-state index in [1.807, 2.05) is 12.3 Å². The third-order valence-corrected chi connectivity index (χ3v) is 4.06. The van der Waals surface area contributed by atoms with Crippen molar-refractivity contribution in [2.75, 3.05) is 5.73 Å². The largest absolute Gasteiger partial charge is 0.369 e. The summed E-state index contributed by atoms with van der Waals surface area (Å²) in [5.74, 6) is 0.626. The Hall–Kier alpha value is -1.58. The first-order chi connectivity index (χ1) is 8.57. The molecule has 0 radical (unpaired) electrons. The molecule has 0 amide bonds.